The molecule has 0 aliphatic carbocycles. The van der Waals surface area contributed by atoms with Gasteiger partial charge in [0.15, 0.2) is 0 Å². The maximum absolute atomic E-state index is 13.5. The average molecular weight is 202 g/mol. The van der Waals surface area contributed by atoms with Crippen molar-refractivity contribution < 1.29 is 9.13 Å². The van der Waals surface area contributed by atoms with Gasteiger partial charge in [-0.25, -0.2) is 9.37 Å². The topological polar surface area (TPSA) is 45.9 Å². The van der Waals surface area contributed by atoms with E-state index in [4.69, 9.17) is 10.00 Å². The SMILES string of the molecule is COc1cc(F)c2ccnc(C#N)c2c1. The van der Waals surface area contributed by atoms with Gasteiger partial charge in [0.25, 0.3) is 0 Å². The molecule has 0 radical (unpaired) electrons. The van der Waals surface area contributed by atoms with E-state index < -0.39 is 5.82 Å². The van der Waals surface area contributed by atoms with Crippen LogP contribution in [-0.4, -0.2) is 12.1 Å². The summed E-state index contributed by atoms with van der Waals surface area (Å²) in [6, 6.07) is 6.33. The van der Waals surface area contributed by atoms with Gasteiger partial charge in [0.05, 0.1) is 7.11 Å². The fourth-order valence-electron chi connectivity index (χ4n) is 1.42. The fraction of sp³-hybridized carbons (Fsp3) is 0.0909. The van der Waals surface area contributed by atoms with Gasteiger partial charge in [-0.3, -0.25) is 0 Å². The number of hydrogen-bond acceptors (Lipinski definition) is 3. The van der Waals surface area contributed by atoms with E-state index in [0.29, 0.717) is 16.5 Å². The van der Waals surface area contributed by atoms with Gasteiger partial charge in [0, 0.05) is 23.0 Å². The Morgan fingerprint density at radius 3 is 2.87 bits per heavy atom. The number of halogens is 1. The zero-order valence-corrected chi connectivity index (χ0v) is 7.99. The van der Waals surface area contributed by atoms with Crippen molar-refractivity contribution in [2.24, 2.45) is 0 Å². The second-order valence-electron chi connectivity index (χ2n) is 2.98. The lowest BCUT2D eigenvalue weighted by Crippen LogP contribution is -1.90. The first kappa shape index (κ1) is 9.41. The van der Waals surface area contributed by atoms with E-state index in [-0.39, 0.29) is 5.69 Å². The highest BCUT2D eigenvalue weighted by molar-refractivity contribution is 5.88. The predicted molar refractivity (Wildman–Crippen MR) is 53.0 cm³/mol. The molecule has 15 heavy (non-hydrogen) atoms. The number of nitriles is 1. The highest BCUT2D eigenvalue weighted by atomic mass is 19.1. The number of aromatic nitrogens is 1. The van der Waals surface area contributed by atoms with Crippen LogP contribution in [-0.2, 0) is 0 Å². The molecular formula is C11H7FN2O. The second kappa shape index (κ2) is 3.54. The summed E-state index contributed by atoms with van der Waals surface area (Å²) in [5, 5.41) is 9.66. The van der Waals surface area contributed by atoms with Crippen LogP contribution < -0.4 is 4.74 Å². The number of benzene rings is 1. The number of ether oxygens (including phenoxy) is 1. The summed E-state index contributed by atoms with van der Waals surface area (Å²) in [5.41, 5.74) is 0.199. The zero-order chi connectivity index (χ0) is 10.8. The van der Waals surface area contributed by atoms with Crippen molar-refractivity contribution in [2.45, 2.75) is 0 Å². The summed E-state index contributed by atoms with van der Waals surface area (Å²) in [6.07, 6.45) is 1.41. The van der Waals surface area contributed by atoms with Gasteiger partial charge in [-0.1, -0.05) is 0 Å². The monoisotopic (exact) mass is 202 g/mol. The molecule has 0 saturated carbocycles. The van der Waals surface area contributed by atoms with Gasteiger partial charge < -0.3 is 4.74 Å². The zero-order valence-electron chi connectivity index (χ0n) is 7.99. The molecule has 1 aromatic carbocycles. The third-order valence-electron chi connectivity index (χ3n) is 2.14. The van der Waals surface area contributed by atoms with Crippen LogP contribution in [0.15, 0.2) is 24.4 Å². The molecule has 3 nitrogen and oxygen atoms in total. The minimum Gasteiger partial charge on any atom is -0.497 e. The Hall–Kier alpha value is -2.15. The molecule has 1 aromatic heterocycles. The van der Waals surface area contributed by atoms with E-state index in [1.807, 2.05) is 6.07 Å². The van der Waals surface area contributed by atoms with Crippen molar-refractivity contribution in [1.82, 2.24) is 4.98 Å². The molecule has 4 heteroatoms. The summed E-state index contributed by atoms with van der Waals surface area (Å²) in [5.74, 6) is -0.0345. The number of hydrogen-bond donors (Lipinski definition) is 0. The molecule has 0 atom stereocenters. The lowest BCUT2D eigenvalue weighted by atomic mass is 10.1. The quantitative estimate of drug-likeness (QED) is 0.712. The van der Waals surface area contributed by atoms with Gasteiger partial charge in [0.1, 0.15) is 23.3 Å². The van der Waals surface area contributed by atoms with Gasteiger partial charge in [-0.05, 0) is 12.1 Å². The van der Waals surface area contributed by atoms with Gasteiger partial charge in [-0.2, -0.15) is 5.26 Å². The standard InChI is InChI=1S/C11H7FN2O/c1-15-7-4-9-8(10(12)5-7)2-3-14-11(9)6-13/h2-5H,1H3. The summed E-state index contributed by atoms with van der Waals surface area (Å²) in [6.45, 7) is 0. The molecule has 0 amide bonds. The Kier molecular flexibility index (Phi) is 2.22. The third kappa shape index (κ3) is 1.48. The first-order valence-corrected chi connectivity index (χ1v) is 4.28. The molecule has 0 bridgehead atoms. The average Bonchev–Trinajstić information content (AvgIpc) is 2.28. The van der Waals surface area contributed by atoms with E-state index in [9.17, 15) is 4.39 Å². The molecule has 0 spiro atoms. The third-order valence-corrected chi connectivity index (χ3v) is 2.14. The van der Waals surface area contributed by atoms with Crippen LogP contribution >= 0.6 is 0 Å². The lowest BCUT2D eigenvalue weighted by molar-refractivity contribution is 0.412. The number of methoxy groups -OCH3 is 1. The molecule has 0 unspecified atom stereocenters. The van der Waals surface area contributed by atoms with Crippen LogP contribution in [0.1, 0.15) is 5.69 Å². The molecule has 2 rings (SSSR count). The Morgan fingerprint density at radius 1 is 1.40 bits per heavy atom. The largest absolute Gasteiger partial charge is 0.497 e. The first-order chi connectivity index (χ1) is 7.26. The minimum atomic E-state index is -0.414. The molecule has 74 valence electrons. The Labute approximate surface area is 85.7 Å². The van der Waals surface area contributed by atoms with Crippen LogP contribution in [0.3, 0.4) is 0 Å². The second-order valence-corrected chi connectivity index (χ2v) is 2.98. The van der Waals surface area contributed by atoms with E-state index in [0.717, 1.165) is 0 Å². The Balaban J connectivity index is 2.87. The summed E-state index contributed by atoms with van der Waals surface area (Å²) < 4.78 is 18.5. The molecule has 2 aromatic rings. The Bertz CT molecular complexity index is 560. The first-order valence-electron chi connectivity index (χ1n) is 4.28. The minimum absolute atomic E-state index is 0.199. The van der Waals surface area contributed by atoms with E-state index >= 15 is 0 Å². The van der Waals surface area contributed by atoms with Gasteiger partial charge in [0.2, 0.25) is 0 Å². The van der Waals surface area contributed by atoms with Crippen LogP contribution in [0.25, 0.3) is 10.8 Å². The van der Waals surface area contributed by atoms with Crippen molar-refractivity contribution in [3.63, 3.8) is 0 Å². The smallest absolute Gasteiger partial charge is 0.148 e. The highest BCUT2D eigenvalue weighted by Gasteiger charge is 2.08. The predicted octanol–water partition coefficient (Wildman–Crippen LogP) is 2.25. The number of pyridine rings is 1. The summed E-state index contributed by atoms with van der Waals surface area (Å²) >= 11 is 0. The van der Waals surface area contributed by atoms with Crippen molar-refractivity contribution in [3.05, 3.63) is 35.9 Å². The van der Waals surface area contributed by atoms with Crippen molar-refractivity contribution >= 4 is 10.8 Å². The normalized spacial score (nSPS) is 9.93. The van der Waals surface area contributed by atoms with Crippen LogP contribution in [0.2, 0.25) is 0 Å². The molecule has 0 aliphatic rings. The van der Waals surface area contributed by atoms with Crippen LogP contribution in [0, 0.1) is 17.1 Å². The molecule has 0 N–H and O–H groups in total. The van der Waals surface area contributed by atoms with Gasteiger partial charge >= 0.3 is 0 Å². The van der Waals surface area contributed by atoms with E-state index in [2.05, 4.69) is 4.98 Å². The van der Waals surface area contributed by atoms with E-state index in [1.165, 1.54) is 25.4 Å². The number of fused-ring (bicyclic) bond motifs is 1. The van der Waals surface area contributed by atoms with Gasteiger partial charge in [-0.15, -0.1) is 0 Å². The van der Waals surface area contributed by atoms with Crippen molar-refractivity contribution in [3.8, 4) is 11.8 Å². The van der Waals surface area contributed by atoms with Crippen molar-refractivity contribution in [1.29, 1.82) is 5.26 Å². The molecule has 0 fully saturated rings. The maximum Gasteiger partial charge on any atom is 0.148 e. The molecule has 0 aliphatic heterocycles. The summed E-state index contributed by atoms with van der Waals surface area (Å²) in [7, 11) is 1.45. The van der Waals surface area contributed by atoms with Crippen LogP contribution in [0.5, 0.6) is 5.75 Å². The highest BCUT2D eigenvalue weighted by Crippen LogP contribution is 2.25. The van der Waals surface area contributed by atoms with Crippen molar-refractivity contribution in [2.75, 3.05) is 7.11 Å². The molecule has 1 heterocycles. The van der Waals surface area contributed by atoms with E-state index in [1.54, 1.807) is 6.07 Å². The number of rotatable bonds is 1. The number of nitrogens with zero attached hydrogens (tertiary/aromatic N) is 2. The fourth-order valence-corrected chi connectivity index (χ4v) is 1.42. The summed E-state index contributed by atoms with van der Waals surface area (Å²) in [4.78, 5) is 3.86. The lowest BCUT2D eigenvalue weighted by Gasteiger charge is -2.04. The maximum atomic E-state index is 13.5. The van der Waals surface area contributed by atoms with Crippen LogP contribution in [0.4, 0.5) is 4.39 Å². The Morgan fingerprint density at radius 2 is 2.20 bits per heavy atom. The molecular weight excluding hydrogens is 195 g/mol. The molecule has 0 saturated heterocycles.